The Morgan fingerprint density at radius 3 is 2.81 bits per heavy atom. The average Bonchev–Trinajstić information content (AvgIpc) is 3.01. The van der Waals surface area contributed by atoms with E-state index in [-0.39, 0.29) is 12.0 Å². The molecule has 0 aromatic carbocycles. The SMILES string of the molecule is CN(C)C(=O)c1c(OC2CC2)ccnc1I. The lowest BCUT2D eigenvalue weighted by Crippen LogP contribution is -2.24. The zero-order valence-corrected chi connectivity index (χ0v) is 11.4. The predicted molar refractivity (Wildman–Crippen MR) is 68.6 cm³/mol. The predicted octanol–water partition coefficient (Wildman–Crippen LogP) is 1.93. The summed E-state index contributed by atoms with van der Waals surface area (Å²) in [7, 11) is 3.46. The standard InChI is InChI=1S/C11H13IN2O2/c1-14(2)11(15)9-8(16-7-3-4-7)5-6-13-10(9)12/h5-7H,3-4H2,1-2H3. The van der Waals surface area contributed by atoms with Crippen LogP contribution in [0, 0.1) is 3.70 Å². The number of amides is 1. The lowest BCUT2D eigenvalue weighted by atomic mass is 10.2. The Morgan fingerprint density at radius 2 is 2.25 bits per heavy atom. The van der Waals surface area contributed by atoms with Gasteiger partial charge in [0.1, 0.15) is 15.0 Å². The molecule has 4 nitrogen and oxygen atoms in total. The van der Waals surface area contributed by atoms with Crippen LogP contribution in [0.5, 0.6) is 5.75 Å². The molecule has 0 spiro atoms. The summed E-state index contributed by atoms with van der Waals surface area (Å²) in [5.41, 5.74) is 0.569. The van der Waals surface area contributed by atoms with Gasteiger partial charge >= 0.3 is 0 Å². The number of hydrogen-bond acceptors (Lipinski definition) is 3. The van der Waals surface area contributed by atoms with Crippen molar-refractivity contribution in [3.8, 4) is 5.75 Å². The van der Waals surface area contributed by atoms with Gasteiger partial charge in [0.25, 0.3) is 5.91 Å². The van der Waals surface area contributed by atoms with Gasteiger partial charge in [-0.1, -0.05) is 0 Å². The summed E-state index contributed by atoms with van der Waals surface area (Å²) in [6.45, 7) is 0. The molecule has 1 aromatic heterocycles. The topological polar surface area (TPSA) is 42.4 Å². The fraction of sp³-hybridized carbons (Fsp3) is 0.455. The number of hydrogen-bond donors (Lipinski definition) is 0. The fourth-order valence-electron chi connectivity index (χ4n) is 1.30. The number of pyridine rings is 1. The molecule has 16 heavy (non-hydrogen) atoms. The van der Waals surface area contributed by atoms with Gasteiger partial charge in [0.05, 0.1) is 6.10 Å². The largest absolute Gasteiger partial charge is 0.489 e. The highest BCUT2D eigenvalue weighted by Gasteiger charge is 2.27. The van der Waals surface area contributed by atoms with Gasteiger partial charge in [0, 0.05) is 20.3 Å². The number of nitrogens with zero attached hydrogens (tertiary/aromatic N) is 2. The Hall–Kier alpha value is -0.850. The lowest BCUT2D eigenvalue weighted by Gasteiger charge is -2.15. The van der Waals surface area contributed by atoms with Crippen LogP contribution < -0.4 is 4.74 Å². The van der Waals surface area contributed by atoms with Crippen LogP contribution in [0.15, 0.2) is 12.3 Å². The van der Waals surface area contributed by atoms with E-state index in [1.165, 1.54) is 0 Å². The van der Waals surface area contributed by atoms with E-state index >= 15 is 0 Å². The van der Waals surface area contributed by atoms with Crippen molar-refractivity contribution in [2.24, 2.45) is 0 Å². The summed E-state index contributed by atoms with van der Waals surface area (Å²) < 4.78 is 6.41. The van der Waals surface area contributed by atoms with Crippen LogP contribution in [0.3, 0.4) is 0 Å². The zero-order valence-electron chi connectivity index (χ0n) is 9.24. The van der Waals surface area contributed by atoms with Crippen molar-refractivity contribution in [1.82, 2.24) is 9.88 Å². The van der Waals surface area contributed by atoms with Crippen LogP contribution in [0.4, 0.5) is 0 Å². The van der Waals surface area contributed by atoms with E-state index in [2.05, 4.69) is 27.6 Å². The van der Waals surface area contributed by atoms with Crippen LogP contribution in [-0.2, 0) is 0 Å². The molecule has 0 radical (unpaired) electrons. The molecule has 1 amide bonds. The number of carbonyl (C=O) groups excluding carboxylic acids is 1. The van der Waals surface area contributed by atoms with Crippen molar-refractivity contribution in [3.63, 3.8) is 0 Å². The minimum Gasteiger partial charge on any atom is -0.489 e. The molecule has 1 fully saturated rings. The molecule has 1 heterocycles. The molecule has 86 valence electrons. The van der Waals surface area contributed by atoms with Gasteiger partial charge < -0.3 is 9.64 Å². The Morgan fingerprint density at radius 1 is 1.56 bits per heavy atom. The number of rotatable bonds is 3. The van der Waals surface area contributed by atoms with E-state index in [0.29, 0.717) is 15.0 Å². The second-order valence-corrected chi connectivity index (χ2v) is 5.01. The van der Waals surface area contributed by atoms with Crippen LogP contribution in [0.25, 0.3) is 0 Å². The molecule has 1 aliphatic carbocycles. The van der Waals surface area contributed by atoms with Gasteiger partial charge in [-0.2, -0.15) is 0 Å². The van der Waals surface area contributed by atoms with Crippen LogP contribution >= 0.6 is 22.6 Å². The molecule has 1 saturated carbocycles. The highest BCUT2D eigenvalue weighted by Crippen LogP contribution is 2.30. The number of carbonyl (C=O) groups is 1. The molecule has 0 saturated heterocycles. The molecule has 0 unspecified atom stereocenters. The first-order chi connectivity index (χ1) is 7.59. The van der Waals surface area contributed by atoms with E-state index in [1.54, 1.807) is 31.3 Å². The van der Waals surface area contributed by atoms with Crippen LogP contribution in [0.1, 0.15) is 23.2 Å². The maximum atomic E-state index is 12.0. The van der Waals surface area contributed by atoms with Crippen molar-refractivity contribution in [1.29, 1.82) is 0 Å². The van der Waals surface area contributed by atoms with E-state index in [1.807, 2.05) is 0 Å². The van der Waals surface area contributed by atoms with Gasteiger partial charge in [0.2, 0.25) is 0 Å². The highest BCUT2D eigenvalue weighted by atomic mass is 127. The maximum Gasteiger partial charge on any atom is 0.259 e. The molecule has 0 aliphatic heterocycles. The number of ether oxygens (including phenoxy) is 1. The maximum absolute atomic E-state index is 12.0. The quantitative estimate of drug-likeness (QED) is 0.627. The molecule has 1 aromatic rings. The van der Waals surface area contributed by atoms with Crippen LogP contribution in [-0.4, -0.2) is 36.0 Å². The first kappa shape index (κ1) is 11.6. The second kappa shape index (κ2) is 4.57. The Labute approximate surface area is 108 Å². The molecule has 0 bridgehead atoms. The number of aromatic nitrogens is 1. The van der Waals surface area contributed by atoms with Gasteiger partial charge in [-0.05, 0) is 41.5 Å². The van der Waals surface area contributed by atoms with Crippen molar-refractivity contribution in [2.45, 2.75) is 18.9 Å². The van der Waals surface area contributed by atoms with E-state index in [0.717, 1.165) is 12.8 Å². The van der Waals surface area contributed by atoms with Crippen molar-refractivity contribution in [2.75, 3.05) is 14.1 Å². The van der Waals surface area contributed by atoms with Crippen molar-refractivity contribution >= 4 is 28.5 Å². The van der Waals surface area contributed by atoms with Gasteiger partial charge in [-0.25, -0.2) is 4.98 Å². The Kier molecular flexibility index (Phi) is 3.32. The average molecular weight is 332 g/mol. The Bertz CT molecular complexity index is 416. The van der Waals surface area contributed by atoms with E-state index in [4.69, 9.17) is 4.74 Å². The molecule has 0 N–H and O–H groups in total. The second-order valence-electron chi connectivity index (χ2n) is 3.99. The third-order valence-electron chi connectivity index (χ3n) is 2.30. The first-order valence-corrected chi connectivity index (χ1v) is 6.20. The molecule has 2 rings (SSSR count). The summed E-state index contributed by atoms with van der Waals surface area (Å²) in [6, 6.07) is 1.76. The summed E-state index contributed by atoms with van der Waals surface area (Å²) >= 11 is 2.06. The van der Waals surface area contributed by atoms with E-state index < -0.39 is 0 Å². The Balaban J connectivity index is 2.35. The smallest absolute Gasteiger partial charge is 0.259 e. The van der Waals surface area contributed by atoms with E-state index in [9.17, 15) is 4.79 Å². The normalized spacial score (nSPS) is 14.7. The van der Waals surface area contributed by atoms with Crippen LogP contribution in [0.2, 0.25) is 0 Å². The molecule has 0 atom stereocenters. The lowest BCUT2D eigenvalue weighted by molar-refractivity contribution is 0.0821. The summed E-state index contributed by atoms with van der Waals surface area (Å²) in [5, 5.41) is 0. The third-order valence-corrected chi connectivity index (χ3v) is 3.12. The van der Waals surface area contributed by atoms with Gasteiger partial charge in [-0.15, -0.1) is 0 Å². The number of halogens is 1. The molecule has 1 aliphatic rings. The van der Waals surface area contributed by atoms with Crippen molar-refractivity contribution < 1.29 is 9.53 Å². The molecule has 5 heteroatoms. The van der Waals surface area contributed by atoms with Gasteiger partial charge in [0.15, 0.2) is 0 Å². The molecular formula is C11H13IN2O2. The van der Waals surface area contributed by atoms with Crippen molar-refractivity contribution in [3.05, 3.63) is 21.5 Å². The molecular weight excluding hydrogens is 319 g/mol. The third kappa shape index (κ3) is 2.45. The minimum atomic E-state index is -0.0619. The van der Waals surface area contributed by atoms with Gasteiger partial charge in [-0.3, -0.25) is 4.79 Å². The summed E-state index contributed by atoms with van der Waals surface area (Å²) in [6.07, 6.45) is 4.11. The minimum absolute atomic E-state index is 0.0619. The summed E-state index contributed by atoms with van der Waals surface area (Å²) in [4.78, 5) is 17.7. The zero-order chi connectivity index (χ0) is 11.7. The summed E-state index contributed by atoms with van der Waals surface area (Å²) in [5.74, 6) is 0.591. The monoisotopic (exact) mass is 332 g/mol. The fourth-order valence-corrected chi connectivity index (χ4v) is 1.96. The first-order valence-electron chi connectivity index (χ1n) is 5.12. The highest BCUT2D eigenvalue weighted by molar-refractivity contribution is 14.1.